The second kappa shape index (κ2) is 7.62. The zero-order valence-corrected chi connectivity index (χ0v) is 16.0. The van der Waals surface area contributed by atoms with E-state index < -0.39 is 11.5 Å². The largest absolute Gasteiger partial charge is 0.493 e. The molecule has 10 heteroatoms. The molecule has 0 N–H and O–H groups in total. The molecule has 0 saturated heterocycles. The standard InChI is InChI=1S/C17H17N3O6S/c1-5-26-16(22)10-8-13(21)20-17(18-10)27-15(19-20)9-6-11(23-2)14(25-4)12(7-9)24-3/h6-8H,5H2,1-4H3. The van der Waals surface area contributed by atoms with Gasteiger partial charge in [-0.1, -0.05) is 11.3 Å². The molecular weight excluding hydrogens is 374 g/mol. The number of carbonyl (C=O) groups excluding carboxylic acids is 1. The van der Waals surface area contributed by atoms with Gasteiger partial charge in [-0.05, 0) is 19.1 Å². The van der Waals surface area contributed by atoms with Crippen LogP contribution in [-0.4, -0.2) is 48.5 Å². The lowest BCUT2D eigenvalue weighted by molar-refractivity contribution is 0.0519. The van der Waals surface area contributed by atoms with Crippen molar-refractivity contribution < 1.29 is 23.7 Å². The first kappa shape index (κ1) is 18.6. The molecule has 0 amide bonds. The van der Waals surface area contributed by atoms with Crippen molar-refractivity contribution in [1.82, 2.24) is 14.6 Å². The number of ether oxygens (including phenoxy) is 4. The molecule has 0 aliphatic heterocycles. The number of benzene rings is 1. The number of rotatable bonds is 6. The molecule has 3 rings (SSSR count). The number of carbonyl (C=O) groups is 1. The molecule has 0 aliphatic carbocycles. The van der Waals surface area contributed by atoms with Crippen LogP contribution >= 0.6 is 11.3 Å². The lowest BCUT2D eigenvalue weighted by Gasteiger charge is -2.13. The van der Waals surface area contributed by atoms with Gasteiger partial charge in [-0.15, -0.1) is 0 Å². The van der Waals surface area contributed by atoms with E-state index in [1.165, 1.54) is 21.3 Å². The predicted molar refractivity (Wildman–Crippen MR) is 98.2 cm³/mol. The fourth-order valence-electron chi connectivity index (χ4n) is 2.44. The van der Waals surface area contributed by atoms with Crippen LogP contribution in [0.15, 0.2) is 23.0 Å². The molecule has 0 aliphatic rings. The Bertz CT molecular complexity index is 1030. The van der Waals surface area contributed by atoms with E-state index in [-0.39, 0.29) is 17.3 Å². The van der Waals surface area contributed by atoms with Crippen LogP contribution in [0, 0.1) is 0 Å². The van der Waals surface area contributed by atoms with Gasteiger partial charge in [0, 0.05) is 11.6 Å². The lowest BCUT2D eigenvalue weighted by atomic mass is 10.2. The van der Waals surface area contributed by atoms with Gasteiger partial charge in [0.1, 0.15) is 5.01 Å². The van der Waals surface area contributed by atoms with Crippen LogP contribution in [0.3, 0.4) is 0 Å². The van der Waals surface area contributed by atoms with E-state index in [1.807, 2.05) is 0 Å². The number of hydrogen-bond donors (Lipinski definition) is 0. The summed E-state index contributed by atoms with van der Waals surface area (Å²) < 4.78 is 22.0. The van der Waals surface area contributed by atoms with Crippen molar-refractivity contribution in [1.29, 1.82) is 0 Å². The summed E-state index contributed by atoms with van der Waals surface area (Å²) in [6, 6.07) is 4.54. The minimum Gasteiger partial charge on any atom is -0.493 e. The average molecular weight is 391 g/mol. The Kier molecular flexibility index (Phi) is 5.26. The van der Waals surface area contributed by atoms with Crippen molar-refractivity contribution in [3.05, 3.63) is 34.2 Å². The summed E-state index contributed by atoms with van der Waals surface area (Å²) in [7, 11) is 4.53. The molecule has 9 nitrogen and oxygen atoms in total. The highest BCUT2D eigenvalue weighted by Gasteiger charge is 2.19. The van der Waals surface area contributed by atoms with Gasteiger partial charge in [0.2, 0.25) is 10.7 Å². The fraction of sp³-hybridized carbons (Fsp3) is 0.294. The first-order valence-corrected chi connectivity index (χ1v) is 8.72. The third kappa shape index (κ3) is 3.43. The monoisotopic (exact) mass is 391 g/mol. The molecule has 0 atom stereocenters. The van der Waals surface area contributed by atoms with Crippen LogP contribution < -0.4 is 19.8 Å². The molecule has 0 saturated carbocycles. The van der Waals surface area contributed by atoms with Gasteiger partial charge in [-0.25, -0.2) is 9.78 Å². The molecule has 27 heavy (non-hydrogen) atoms. The highest BCUT2D eigenvalue weighted by molar-refractivity contribution is 7.19. The Morgan fingerprint density at radius 1 is 1.11 bits per heavy atom. The van der Waals surface area contributed by atoms with Gasteiger partial charge in [-0.2, -0.15) is 9.61 Å². The van der Waals surface area contributed by atoms with Gasteiger partial charge in [0.25, 0.3) is 5.56 Å². The van der Waals surface area contributed by atoms with E-state index in [2.05, 4.69) is 10.1 Å². The van der Waals surface area contributed by atoms with E-state index in [4.69, 9.17) is 18.9 Å². The van der Waals surface area contributed by atoms with E-state index >= 15 is 0 Å². The van der Waals surface area contributed by atoms with Crippen LogP contribution in [0.1, 0.15) is 17.4 Å². The zero-order valence-electron chi connectivity index (χ0n) is 15.1. The summed E-state index contributed by atoms with van der Waals surface area (Å²) in [5.74, 6) is 0.710. The first-order chi connectivity index (χ1) is 13.0. The molecule has 2 heterocycles. The molecule has 0 radical (unpaired) electrons. The van der Waals surface area contributed by atoms with Crippen molar-refractivity contribution in [2.45, 2.75) is 6.92 Å². The summed E-state index contributed by atoms with van der Waals surface area (Å²) in [6.45, 7) is 1.87. The van der Waals surface area contributed by atoms with Crippen molar-refractivity contribution in [3.63, 3.8) is 0 Å². The minimum absolute atomic E-state index is 0.0538. The molecule has 0 unspecified atom stereocenters. The topological polar surface area (TPSA) is 101 Å². The van der Waals surface area contributed by atoms with Crippen LogP contribution in [0.2, 0.25) is 0 Å². The second-order valence-electron chi connectivity index (χ2n) is 5.22. The van der Waals surface area contributed by atoms with Gasteiger partial charge in [-0.3, -0.25) is 4.79 Å². The summed E-state index contributed by atoms with van der Waals surface area (Å²) in [4.78, 5) is 28.6. The number of fused-ring (bicyclic) bond motifs is 1. The van der Waals surface area contributed by atoms with Crippen molar-refractivity contribution in [3.8, 4) is 27.8 Å². The third-order valence-electron chi connectivity index (χ3n) is 3.64. The highest BCUT2D eigenvalue weighted by atomic mass is 32.1. The normalized spacial score (nSPS) is 10.7. The molecule has 2 aromatic heterocycles. The van der Waals surface area contributed by atoms with E-state index in [9.17, 15) is 9.59 Å². The number of esters is 1. The minimum atomic E-state index is -0.653. The quantitative estimate of drug-likeness (QED) is 0.588. The number of methoxy groups -OCH3 is 3. The van der Waals surface area contributed by atoms with E-state index in [1.54, 1.807) is 19.1 Å². The Labute approximate surface area is 158 Å². The number of hydrogen-bond acceptors (Lipinski definition) is 9. The van der Waals surface area contributed by atoms with Gasteiger partial charge < -0.3 is 18.9 Å². The maximum atomic E-state index is 12.3. The smallest absolute Gasteiger partial charge is 0.357 e. The summed E-state index contributed by atoms with van der Waals surface area (Å²) in [5, 5.41) is 4.79. The molecule has 3 aromatic rings. The molecule has 142 valence electrons. The Morgan fingerprint density at radius 2 is 1.78 bits per heavy atom. The SMILES string of the molecule is CCOC(=O)c1cc(=O)n2nc(-c3cc(OC)c(OC)c(OC)c3)sc2n1. The van der Waals surface area contributed by atoms with Gasteiger partial charge >= 0.3 is 5.97 Å². The van der Waals surface area contributed by atoms with Crippen molar-refractivity contribution in [2.75, 3.05) is 27.9 Å². The van der Waals surface area contributed by atoms with Gasteiger partial charge in [0.05, 0.1) is 27.9 Å². The van der Waals surface area contributed by atoms with Crippen LogP contribution in [-0.2, 0) is 4.74 Å². The van der Waals surface area contributed by atoms with Crippen LogP contribution in [0.4, 0.5) is 0 Å². The summed E-state index contributed by atoms with van der Waals surface area (Å²) in [5.41, 5.74) is 0.122. The molecule has 0 bridgehead atoms. The maximum Gasteiger partial charge on any atom is 0.357 e. The highest BCUT2D eigenvalue weighted by Crippen LogP contribution is 2.41. The molecule has 0 spiro atoms. The maximum absolute atomic E-state index is 12.3. The van der Waals surface area contributed by atoms with E-state index in [0.717, 1.165) is 21.9 Å². The van der Waals surface area contributed by atoms with Crippen molar-refractivity contribution in [2.24, 2.45) is 0 Å². The van der Waals surface area contributed by atoms with E-state index in [0.29, 0.717) is 27.8 Å². The van der Waals surface area contributed by atoms with Crippen molar-refractivity contribution >= 4 is 22.3 Å². The summed E-state index contributed by atoms with van der Waals surface area (Å²) >= 11 is 1.15. The third-order valence-corrected chi connectivity index (χ3v) is 4.60. The Balaban J connectivity index is 2.14. The van der Waals surface area contributed by atoms with Crippen LogP contribution in [0.25, 0.3) is 15.5 Å². The zero-order chi connectivity index (χ0) is 19.6. The number of nitrogens with zero attached hydrogens (tertiary/aromatic N) is 3. The Morgan fingerprint density at radius 3 is 2.33 bits per heavy atom. The number of aromatic nitrogens is 3. The van der Waals surface area contributed by atoms with Crippen LogP contribution in [0.5, 0.6) is 17.2 Å². The predicted octanol–water partition coefficient (Wildman–Crippen LogP) is 2.02. The molecule has 1 aromatic carbocycles. The molecule has 0 fully saturated rings. The lowest BCUT2D eigenvalue weighted by Crippen LogP contribution is -2.18. The fourth-order valence-corrected chi connectivity index (χ4v) is 3.33. The first-order valence-electron chi connectivity index (χ1n) is 7.90. The molecular formula is C17H17N3O6S. The van der Waals surface area contributed by atoms with Gasteiger partial charge in [0.15, 0.2) is 17.2 Å². The Hall–Kier alpha value is -3.14. The summed E-state index contributed by atoms with van der Waals surface area (Å²) in [6.07, 6.45) is 0. The second-order valence-corrected chi connectivity index (χ2v) is 6.17. The average Bonchev–Trinajstić information content (AvgIpc) is 3.11.